The second-order valence-corrected chi connectivity index (χ2v) is 5.57. The molecule has 0 saturated heterocycles. The average Bonchev–Trinajstić information content (AvgIpc) is 2.65. The topological polar surface area (TPSA) is 38.0 Å². The highest BCUT2D eigenvalue weighted by atomic mass is 32.2. The van der Waals surface area contributed by atoms with Crippen LogP contribution in [0.15, 0.2) is 12.4 Å². The minimum Gasteiger partial charge on any atom is -0.392 e. The number of thioether (sulfide) groups is 1. The van der Waals surface area contributed by atoms with Crippen molar-refractivity contribution < 1.29 is 5.11 Å². The van der Waals surface area contributed by atoms with Crippen LogP contribution in [0.5, 0.6) is 0 Å². The molecule has 1 atom stereocenters. The van der Waals surface area contributed by atoms with Gasteiger partial charge in [0, 0.05) is 24.9 Å². The van der Waals surface area contributed by atoms with E-state index in [2.05, 4.69) is 25.9 Å². The van der Waals surface area contributed by atoms with Crippen LogP contribution in [0.1, 0.15) is 26.3 Å². The van der Waals surface area contributed by atoms with E-state index in [4.69, 9.17) is 0 Å². The van der Waals surface area contributed by atoms with Crippen molar-refractivity contribution in [2.75, 3.05) is 11.5 Å². The van der Waals surface area contributed by atoms with E-state index in [1.165, 1.54) is 0 Å². The van der Waals surface area contributed by atoms with E-state index in [0.717, 1.165) is 23.6 Å². The number of nitrogens with zero attached hydrogens (tertiary/aromatic N) is 2. The summed E-state index contributed by atoms with van der Waals surface area (Å²) in [6.45, 7) is 7.35. The molecule has 1 rings (SSSR count). The number of aliphatic hydroxyl groups is 1. The smallest absolute Gasteiger partial charge is 0.0672 e. The van der Waals surface area contributed by atoms with E-state index >= 15 is 0 Å². The summed E-state index contributed by atoms with van der Waals surface area (Å²) in [6.07, 6.45) is 4.32. The molecule has 3 nitrogen and oxygen atoms in total. The van der Waals surface area contributed by atoms with Gasteiger partial charge in [0.1, 0.15) is 0 Å². The monoisotopic (exact) mass is 242 g/mol. The molecule has 1 heterocycles. The predicted octanol–water partition coefficient (Wildman–Crippen LogP) is 2.20. The van der Waals surface area contributed by atoms with E-state index in [0.29, 0.717) is 12.3 Å². The van der Waals surface area contributed by atoms with Gasteiger partial charge in [-0.15, -0.1) is 0 Å². The van der Waals surface area contributed by atoms with Crippen LogP contribution >= 0.6 is 11.8 Å². The number of hydrogen-bond acceptors (Lipinski definition) is 3. The third-order valence-electron chi connectivity index (χ3n) is 2.24. The maximum Gasteiger partial charge on any atom is 0.0672 e. The lowest BCUT2D eigenvalue weighted by Gasteiger charge is -2.10. The van der Waals surface area contributed by atoms with Crippen LogP contribution in [0.2, 0.25) is 0 Å². The zero-order valence-electron chi connectivity index (χ0n) is 10.4. The summed E-state index contributed by atoms with van der Waals surface area (Å²) in [4.78, 5) is 0. The van der Waals surface area contributed by atoms with Gasteiger partial charge in [-0.2, -0.15) is 16.9 Å². The first-order chi connectivity index (χ1) is 7.61. The zero-order chi connectivity index (χ0) is 12.0. The molecule has 0 aliphatic heterocycles. The second kappa shape index (κ2) is 6.97. The quantitative estimate of drug-likeness (QED) is 0.796. The Balaban J connectivity index is 2.25. The van der Waals surface area contributed by atoms with Gasteiger partial charge in [0.2, 0.25) is 0 Å². The lowest BCUT2D eigenvalue weighted by molar-refractivity contribution is 0.200. The van der Waals surface area contributed by atoms with Gasteiger partial charge in [-0.25, -0.2) is 0 Å². The third-order valence-corrected chi connectivity index (χ3v) is 3.77. The van der Waals surface area contributed by atoms with Gasteiger partial charge >= 0.3 is 0 Å². The van der Waals surface area contributed by atoms with Crippen molar-refractivity contribution in [1.82, 2.24) is 9.78 Å². The molecule has 0 aliphatic carbocycles. The number of aliphatic hydroxyl groups excluding tert-OH is 1. The molecule has 1 aromatic rings. The Morgan fingerprint density at radius 1 is 1.44 bits per heavy atom. The molecule has 4 heteroatoms. The highest BCUT2D eigenvalue weighted by Crippen LogP contribution is 2.11. The summed E-state index contributed by atoms with van der Waals surface area (Å²) in [5.74, 6) is 2.63. The van der Waals surface area contributed by atoms with E-state index in [-0.39, 0.29) is 6.10 Å². The Labute approximate surface area is 102 Å². The Hall–Kier alpha value is -0.480. The van der Waals surface area contributed by atoms with Gasteiger partial charge in [0.15, 0.2) is 0 Å². The Kier molecular flexibility index (Phi) is 5.91. The van der Waals surface area contributed by atoms with E-state index in [1.54, 1.807) is 0 Å². The third kappa shape index (κ3) is 5.03. The highest BCUT2D eigenvalue weighted by molar-refractivity contribution is 7.99. The van der Waals surface area contributed by atoms with Crippen LogP contribution in [-0.4, -0.2) is 32.5 Å². The van der Waals surface area contributed by atoms with Crippen LogP contribution in [0.3, 0.4) is 0 Å². The van der Waals surface area contributed by atoms with Crippen molar-refractivity contribution in [2.45, 2.75) is 39.8 Å². The van der Waals surface area contributed by atoms with Gasteiger partial charge in [-0.05, 0) is 24.2 Å². The maximum atomic E-state index is 9.84. The molecular formula is C12H22N2OS. The van der Waals surface area contributed by atoms with Crippen LogP contribution < -0.4 is 0 Å². The summed E-state index contributed by atoms with van der Waals surface area (Å²) < 4.78 is 1.89. The molecule has 0 saturated carbocycles. The number of hydrogen-bond donors (Lipinski definition) is 1. The summed E-state index contributed by atoms with van der Waals surface area (Å²) >= 11 is 1.82. The SMILES string of the molecule is CCn1cc(CC(O)CSCC(C)C)cn1. The number of aromatic nitrogens is 2. The molecular weight excluding hydrogens is 220 g/mol. The van der Waals surface area contributed by atoms with Crippen LogP contribution in [-0.2, 0) is 13.0 Å². The largest absolute Gasteiger partial charge is 0.392 e. The van der Waals surface area contributed by atoms with Crippen LogP contribution in [0, 0.1) is 5.92 Å². The van der Waals surface area contributed by atoms with Crippen molar-refractivity contribution in [3.63, 3.8) is 0 Å². The molecule has 0 aromatic carbocycles. The summed E-state index contributed by atoms with van der Waals surface area (Å²) in [7, 11) is 0. The molecule has 0 spiro atoms. The summed E-state index contributed by atoms with van der Waals surface area (Å²) in [6, 6.07) is 0. The van der Waals surface area contributed by atoms with E-state index in [9.17, 15) is 5.11 Å². The Morgan fingerprint density at radius 2 is 2.19 bits per heavy atom. The maximum absolute atomic E-state index is 9.84. The van der Waals surface area contributed by atoms with Gasteiger partial charge in [0.05, 0.1) is 12.3 Å². The van der Waals surface area contributed by atoms with Crippen molar-refractivity contribution >= 4 is 11.8 Å². The van der Waals surface area contributed by atoms with Gasteiger partial charge < -0.3 is 5.11 Å². The molecule has 0 aliphatic rings. The average molecular weight is 242 g/mol. The fraction of sp³-hybridized carbons (Fsp3) is 0.750. The zero-order valence-corrected chi connectivity index (χ0v) is 11.2. The van der Waals surface area contributed by atoms with Gasteiger partial charge in [-0.3, -0.25) is 4.68 Å². The first-order valence-electron chi connectivity index (χ1n) is 5.89. The van der Waals surface area contributed by atoms with Gasteiger partial charge in [-0.1, -0.05) is 13.8 Å². The lowest BCUT2D eigenvalue weighted by Crippen LogP contribution is -2.14. The minimum absolute atomic E-state index is 0.252. The fourth-order valence-electron chi connectivity index (χ4n) is 1.46. The molecule has 0 bridgehead atoms. The Bertz CT molecular complexity index is 299. The second-order valence-electron chi connectivity index (χ2n) is 4.49. The molecule has 1 aromatic heterocycles. The minimum atomic E-state index is -0.252. The first kappa shape index (κ1) is 13.6. The normalized spacial score (nSPS) is 13.3. The number of rotatable bonds is 7. The lowest BCUT2D eigenvalue weighted by atomic mass is 10.2. The predicted molar refractivity (Wildman–Crippen MR) is 69.8 cm³/mol. The van der Waals surface area contributed by atoms with Crippen molar-refractivity contribution in [2.24, 2.45) is 5.92 Å². The van der Waals surface area contributed by atoms with Crippen LogP contribution in [0.4, 0.5) is 0 Å². The van der Waals surface area contributed by atoms with Gasteiger partial charge in [0.25, 0.3) is 0 Å². The van der Waals surface area contributed by atoms with Crippen molar-refractivity contribution in [1.29, 1.82) is 0 Å². The molecule has 1 unspecified atom stereocenters. The van der Waals surface area contributed by atoms with Crippen molar-refractivity contribution in [3.8, 4) is 0 Å². The standard InChI is InChI=1S/C12H22N2OS/c1-4-14-7-11(6-13-14)5-12(15)9-16-8-10(2)3/h6-7,10,12,15H,4-5,8-9H2,1-3H3. The number of aryl methyl sites for hydroxylation is 1. The molecule has 16 heavy (non-hydrogen) atoms. The van der Waals surface area contributed by atoms with E-state index < -0.39 is 0 Å². The highest BCUT2D eigenvalue weighted by Gasteiger charge is 2.08. The molecule has 0 amide bonds. The summed E-state index contributed by atoms with van der Waals surface area (Å²) in [5.41, 5.74) is 1.12. The summed E-state index contributed by atoms with van der Waals surface area (Å²) in [5, 5.41) is 14.0. The molecule has 0 fully saturated rings. The Morgan fingerprint density at radius 3 is 2.75 bits per heavy atom. The molecule has 1 N–H and O–H groups in total. The van der Waals surface area contributed by atoms with E-state index in [1.807, 2.05) is 28.8 Å². The van der Waals surface area contributed by atoms with Crippen LogP contribution in [0.25, 0.3) is 0 Å². The molecule has 92 valence electrons. The first-order valence-corrected chi connectivity index (χ1v) is 7.04. The fourth-order valence-corrected chi connectivity index (χ4v) is 2.45. The van der Waals surface area contributed by atoms with Crippen molar-refractivity contribution in [3.05, 3.63) is 18.0 Å². The molecule has 0 radical (unpaired) electrons.